The molecule has 2 aliphatic rings. The molecule has 14 aromatic rings. The first kappa shape index (κ1) is 68.8. The van der Waals surface area contributed by atoms with Crippen LogP contribution in [0.15, 0.2) is 372 Å². The zero-order valence-electron chi connectivity index (χ0n) is 59.5. The van der Waals surface area contributed by atoms with E-state index in [4.69, 9.17) is 18.9 Å². The van der Waals surface area contributed by atoms with E-state index in [1.807, 2.05) is 12.2 Å². The van der Waals surface area contributed by atoms with Crippen LogP contribution >= 0.6 is 23.5 Å². The lowest BCUT2D eigenvalue weighted by molar-refractivity contribution is 0.172. The summed E-state index contributed by atoms with van der Waals surface area (Å²) in [5, 5.41) is 0. The summed E-state index contributed by atoms with van der Waals surface area (Å²) in [6.07, 6.45) is 5.39. The lowest BCUT2D eigenvalue weighted by Gasteiger charge is -2.35. The summed E-state index contributed by atoms with van der Waals surface area (Å²) in [5.74, 6) is 1.66. The first-order chi connectivity index (χ1) is 52.3. The minimum absolute atomic E-state index is 0.573. The fourth-order valence-electron chi connectivity index (χ4n) is 15.6. The molecule has 0 aromatic heterocycles. The molecule has 0 spiro atoms. The zero-order chi connectivity index (χ0) is 71.8. The molecule has 6 nitrogen and oxygen atoms in total. The molecule has 0 N–H and O–H groups in total. The van der Waals surface area contributed by atoms with Gasteiger partial charge in [-0.05, 0) is 235 Å². The van der Waals surface area contributed by atoms with E-state index in [1.54, 1.807) is 37.7 Å². The van der Waals surface area contributed by atoms with E-state index in [0.29, 0.717) is 26.4 Å². The molecule has 2 atom stereocenters. The van der Waals surface area contributed by atoms with E-state index in [9.17, 15) is 0 Å². The molecule has 2 aliphatic carbocycles. The molecule has 0 heterocycles. The van der Waals surface area contributed by atoms with Crippen LogP contribution < -0.4 is 19.3 Å². The highest BCUT2D eigenvalue weighted by Gasteiger charge is 2.48. The fraction of sp³-hybridized carbons (Fsp3) is 0.102. The summed E-state index contributed by atoms with van der Waals surface area (Å²) < 4.78 is 23.3. The van der Waals surface area contributed by atoms with Crippen molar-refractivity contribution in [2.75, 3.05) is 50.4 Å². The van der Waals surface area contributed by atoms with Gasteiger partial charge in [0, 0.05) is 94.0 Å². The van der Waals surface area contributed by atoms with Crippen molar-refractivity contribution in [1.29, 1.82) is 0 Å². The van der Waals surface area contributed by atoms with Crippen LogP contribution in [0.5, 0.6) is 11.5 Å². The van der Waals surface area contributed by atoms with Crippen molar-refractivity contribution in [2.24, 2.45) is 0 Å². The molecule has 16 rings (SSSR count). The molecular formula is C98H80N2O4S2. The Morgan fingerprint density at radius 3 is 0.943 bits per heavy atom. The number of methoxy groups -OCH3 is 2. The van der Waals surface area contributed by atoms with Gasteiger partial charge in [-0.3, -0.25) is 0 Å². The van der Waals surface area contributed by atoms with E-state index in [0.717, 1.165) is 91.8 Å². The number of benzene rings is 14. The second-order valence-corrected chi connectivity index (χ2v) is 29.0. The molecule has 14 aromatic carbocycles. The second-order valence-electron chi connectivity index (χ2n) is 26.7. The molecule has 0 saturated carbocycles. The van der Waals surface area contributed by atoms with Gasteiger partial charge in [-0.2, -0.15) is 0 Å². The van der Waals surface area contributed by atoms with Crippen molar-refractivity contribution in [3.8, 4) is 44.9 Å². The van der Waals surface area contributed by atoms with Gasteiger partial charge in [0.15, 0.2) is 0 Å². The van der Waals surface area contributed by atoms with Gasteiger partial charge < -0.3 is 28.7 Å². The maximum atomic E-state index is 6.30. The first-order valence-corrected chi connectivity index (χ1v) is 37.8. The largest absolute Gasteiger partial charge is 0.494 e. The van der Waals surface area contributed by atoms with Crippen LogP contribution in [0.4, 0.5) is 34.1 Å². The highest BCUT2D eigenvalue weighted by molar-refractivity contribution is 7.99. The fourth-order valence-corrected chi connectivity index (χ4v) is 17.2. The molecule has 8 heteroatoms. The van der Waals surface area contributed by atoms with Crippen LogP contribution in [-0.2, 0) is 20.3 Å². The lowest BCUT2D eigenvalue weighted by atomic mass is 9.67. The SMILES string of the molecule is C=Cc1ccc(Sc2ccc(C3(c4ccc(OCCCOC)cc4)c4ccccc4-c4ccc(N(c5ccccc5)c5ccc(-c6ccc(N(c7ccccc7)c7ccc8c(c7)C(c7ccc(OCCCOC)cc7)(c7ccc(Sc9ccc(C=C)cc9)cc7)c7ccccc7-8)cc6)cc5)cc43)cc2)cc1. The third-order valence-corrected chi connectivity index (χ3v) is 22.6. The molecular weight excluding hydrogens is 1330 g/mol. The molecule has 2 unspecified atom stereocenters. The van der Waals surface area contributed by atoms with Gasteiger partial charge in [-0.15, -0.1) is 0 Å². The van der Waals surface area contributed by atoms with Crippen molar-refractivity contribution in [3.63, 3.8) is 0 Å². The van der Waals surface area contributed by atoms with Crippen molar-refractivity contribution < 1.29 is 18.9 Å². The standard InChI is InChI=1S/C98H80N2O4S2/c1-5-69-27-53-85(54-28-69)105-87-57-39-75(40-58-87)97(73-35-49-83(50-36-73)103-65-17-63-101-3)93-25-15-13-23-89(93)91-61-47-81(67-95(91)97)99(77-19-9-7-10-20-77)79-43-31-71(32-44-79)72-33-45-80(46-34-72)100(78-21-11-8-12-22-78)82-48-62-92-90-24-14-16-26-94(90)98(96(92)68-82,74-37-51-84(52-38-74)104-66-18-64-102-4)76-41-59-88(60-42-76)106-86-55-29-70(6-2)30-56-86/h5-16,19-62,67-68H,1-2,17-18,63-66H2,3-4H3. The van der Waals surface area contributed by atoms with Crippen LogP contribution in [-0.4, -0.2) is 40.6 Å². The monoisotopic (exact) mass is 1410 g/mol. The Bertz CT molecular complexity index is 5040. The van der Waals surface area contributed by atoms with Crippen LogP contribution in [0.1, 0.15) is 68.5 Å². The molecule has 518 valence electrons. The maximum Gasteiger partial charge on any atom is 0.119 e. The van der Waals surface area contributed by atoms with Crippen molar-refractivity contribution in [2.45, 2.75) is 43.3 Å². The Hall–Kier alpha value is -11.6. The van der Waals surface area contributed by atoms with Gasteiger partial charge in [-0.1, -0.05) is 243 Å². The van der Waals surface area contributed by atoms with Gasteiger partial charge in [0.25, 0.3) is 0 Å². The Balaban J connectivity index is 0.753. The van der Waals surface area contributed by atoms with Gasteiger partial charge in [0.1, 0.15) is 11.5 Å². The van der Waals surface area contributed by atoms with Crippen LogP contribution in [0.2, 0.25) is 0 Å². The number of nitrogens with zero attached hydrogens (tertiary/aromatic N) is 2. The van der Waals surface area contributed by atoms with E-state index in [2.05, 4.69) is 363 Å². The average Bonchev–Trinajstić information content (AvgIpc) is 1.54. The third kappa shape index (κ3) is 13.4. The Morgan fingerprint density at radius 1 is 0.292 bits per heavy atom. The van der Waals surface area contributed by atoms with Crippen molar-refractivity contribution in [3.05, 3.63) is 409 Å². The number of ether oxygens (including phenoxy) is 4. The summed E-state index contributed by atoms with van der Waals surface area (Å²) >= 11 is 3.53. The molecule has 0 radical (unpaired) electrons. The van der Waals surface area contributed by atoms with Crippen LogP contribution in [0, 0.1) is 0 Å². The topological polar surface area (TPSA) is 43.4 Å². The summed E-state index contributed by atoms with van der Waals surface area (Å²) in [4.78, 5) is 9.47. The minimum Gasteiger partial charge on any atom is -0.494 e. The van der Waals surface area contributed by atoms with E-state index < -0.39 is 10.8 Å². The molecule has 0 aliphatic heterocycles. The smallest absolute Gasteiger partial charge is 0.119 e. The minimum atomic E-state index is -0.684. The van der Waals surface area contributed by atoms with E-state index in [-0.39, 0.29) is 0 Å². The number of anilines is 6. The van der Waals surface area contributed by atoms with Crippen LogP contribution in [0.3, 0.4) is 0 Å². The number of para-hydroxylation sites is 2. The summed E-state index contributed by atoms with van der Waals surface area (Å²) in [6, 6.07) is 125. The average molecular weight is 1410 g/mol. The highest BCUT2D eigenvalue weighted by atomic mass is 32.2. The number of fused-ring (bicyclic) bond motifs is 6. The Morgan fingerprint density at radius 2 is 0.594 bits per heavy atom. The summed E-state index contributed by atoms with van der Waals surface area (Å²) in [7, 11) is 3.46. The predicted molar refractivity (Wildman–Crippen MR) is 441 cm³/mol. The predicted octanol–water partition coefficient (Wildman–Crippen LogP) is 25.4. The second kappa shape index (κ2) is 31.0. The lowest BCUT2D eigenvalue weighted by Crippen LogP contribution is -2.28. The molecule has 0 fully saturated rings. The third-order valence-electron chi connectivity index (χ3n) is 20.6. The van der Waals surface area contributed by atoms with Gasteiger partial charge in [0.2, 0.25) is 0 Å². The van der Waals surface area contributed by atoms with Gasteiger partial charge in [0.05, 0.1) is 24.0 Å². The van der Waals surface area contributed by atoms with Crippen molar-refractivity contribution in [1.82, 2.24) is 0 Å². The zero-order valence-corrected chi connectivity index (χ0v) is 61.1. The van der Waals surface area contributed by atoms with Crippen LogP contribution in [0.25, 0.3) is 45.5 Å². The number of hydrogen-bond donors (Lipinski definition) is 0. The van der Waals surface area contributed by atoms with E-state index >= 15 is 0 Å². The van der Waals surface area contributed by atoms with Gasteiger partial charge >= 0.3 is 0 Å². The first-order valence-electron chi connectivity index (χ1n) is 36.2. The summed E-state index contributed by atoms with van der Waals surface area (Å²) in [5.41, 5.74) is 23.8. The maximum absolute atomic E-state index is 6.30. The summed E-state index contributed by atoms with van der Waals surface area (Å²) in [6.45, 7) is 10.4. The quantitative estimate of drug-likeness (QED) is 0.0472. The highest BCUT2D eigenvalue weighted by Crippen LogP contribution is 2.60. The van der Waals surface area contributed by atoms with E-state index in [1.165, 1.54) is 75.2 Å². The Kier molecular flexibility index (Phi) is 20.1. The Labute approximate surface area is 631 Å². The normalized spacial score (nSPS) is 14.5. The van der Waals surface area contributed by atoms with Crippen molar-refractivity contribution >= 4 is 69.8 Å². The molecule has 0 bridgehead atoms. The van der Waals surface area contributed by atoms with Gasteiger partial charge in [-0.25, -0.2) is 0 Å². The molecule has 0 amide bonds. The molecule has 106 heavy (non-hydrogen) atoms. The number of rotatable bonds is 27. The molecule has 0 saturated heterocycles. The number of hydrogen-bond acceptors (Lipinski definition) is 8.